The summed E-state index contributed by atoms with van der Waals surface area (Å²) in [5.41, 5.74) is 0. The van der Waals surface area contributed by atoms with E-state index < -0.39 is 6.08 Å². The van der Waals surface area contributed by atoms with E-state index in [9.17, 15) is 8.78 Å². The fourth-order valence-electron chi connectivity index (χ4n) is 8.29. The minimum absolute atomic E-state index is 0.481. The Bertz CT molecular complexity index is 685. The molecule has 218 valence electrons. The van der Waals surface area contributed by atoms with Crippen molar-refractivity contribution in [2.45, 2.75) is 141 Å². The summed E-state index contributed by atoms with van der Waals surface area (Å²) in [6.07, 6.45) is 28.7. The molecule has 0 N–H and O–H groups in total. The zero-order valence-electron chi connectivity index (χ0n) is 24.3. The monoisotopic (exact) mass is 534 g/mol. The van der Waals surface area contributed by atoms with Crippen LogP contribution in [-0.4, -0.2) is 25.4 Å². The van der Waals surface area contributed by atoms with Gasteiger partial charge in [-0.25, -0.2) is 0 Å². The molecular formula is C34H56F2O2. The van der Waals surface area contributed by atoms with E-state index in [-0.39, 0.29) is 0 Å². The maximum atomic E-state index is 12.1. The van der Waals surface area contributed by atoms with Crippen LogP contribution in [0.5, 0.6) is 0 Å². The van der Waals surface area contributed by atoms with Gasteiger partial charge in [0.1, 0.15) is 0 Å². The van der Waals surface area contributed by atoms with Crippen LogP contribution in [-0.2, 0) is 9.47 Å². The lowest BCUT2D eigenvalue weighted by Gasteiger charge is -2.41. The molecule has 4 fully saturated rings. The summed E-state index contributed by atoms with van der Waals surface area (Å²) in [4.78, 5) is 0. The predicted octanol–water partition coefficient (Wildman–Crippen LogP) is 10.3. The molecule has 4 aliphatic rings. The maximum Gasteiger partial charge on any atom is 0.266 e. The number of ether oxygens (including phenoxy) is 2. The Morgan fingerprint density at radius 3 is 1.97 bits per heavy atom. The topological polar surface area (TPSA) is 18.5 Å². The van der Waals surface area contributed by atoms with Crippen molar-refractivity contribution in [2.24, 2.45) is 35.5 Å². The molecule has 0 aromatic heterocycles. The standard InChI is InChI=1S/C34H56F2O2/c1-2-6-26-14-16-30(17-15-26)33-23-20-31(25-38-33)29-18-21-32(22-19-29)37-24-5-8-28-12-10-27(11-13-28)7-3-4-9-34(35)36/h2,6,9,26-33H,3-5,7-8,10-25H2,1H3/b6-2+. The van der Waals surface area contributed by atoms with E-state index in [1.54, 1.807) is 0 Å². The molecule has 0 aromatic carbocycles. The number of hydrogen-bond acceptors (Lipinski definition) is 2. The van der Waals surface area contributed by atoms with Crippen molar-refractivity contribution in [3.8, 4) is 0 Å². The lowest BCUT2D eigenvalue weighted by Crippen LogP contribution is -2.37. The Kier molecular flexibility index (Phi) is 13.1. The van der Waals surface area contributed by atoms with Gasteiger partial charge in [-0.2, -0.15) is 8.78 Å². The number of rotatable bonds is 12. The van der Waals surface area contributed by atoms with Crippen LogP contribution < -0.4 is 0 Å². The van der Waals surface area contributed by atoms with Crippen molar-refractivity contribution in [2.75, 3.05) is 13.2 Å². The normalized spacial score (nSPS) is 36.8. The summed E-state index contributed by atoms with van der Waals surface area (Å²) in [6.45, 7) is 4.09. The average molecular weight is 535 g/mol. The van der Waals surface area contributed by atoms with Crippen LogP contribution in [0.2, 0.25) is 0 Å². The Labute approximate surface area is 232 Å². The van der Waals surface area contributed by atoms with Gasteiger partial charge in [-0.15, -0.1) is 0 Å². The molecular weight excluding hydrogens is 478 g/mol. The van der Waals surface area contributed by atoms with Crippen LogP contribution >= 0.6 is 0 Å². The van der Waals surface area contributed by atoms with Crippen LogP contribution in [0.25, 0.3) is 0 Å². The zero-order chi connectivity index (χ0) is 26.6. The van der Waals surface area contributed by atoms with Gasteiger partial charge < -0.3 is 9.47 Å². The highest BCUT2D eigenvalue weighted by atomic mass is 19.3. The van der Waals surface area contributed by atoms with E-state index in [4.69, 9.17) is 9.47 Å². The van der Waals surface area contributed by atoms with Gasteiger partial charge in [0.15, 0.2) is 0 Å². The highest BCUT2D eigenvalue weighted by Gasteiger charge is 2.35. The van der Waals surface area contributed by atoms with Crippen LogP contribution in [0.15, 0.2) is 24.3 Å². The van der Waals surface area contributed by atoms with Crippen molar-refractivity contribution in [1.29, 1.82) is 0 Å². The van der Waals surface area contributed by atoms with Crippen LogP contribution in [0.3, 0.4) is 0 Å². The number of hydrogen-bond donors (Lipinski definition) is 0. The molecule has 0 amide bonds. The van der Waals surface area contributed by atoms with E-state index in [0.717, 1.165) is 67.6 Å². The number of unbranched alkanes of at least 4 members (excludes halogenated alkanes) is 1. The quantitative estimate of drug-likeness (QED) is 0.183. The second kappa shape index (κ2) is 16.5. The highest BCUT2D eigenvalue weighted by Crippen LogP contribution is 2.41. The van der Waals surface area contributed by atoms with Crippen LogP contribution in [0.4, 0.5) is 8.78 Å². The molecule has 4 heteroatoms. The lowest BCUT2D eigenvalue weighted by molar-refractivity contribution is -0.0778. The van der Waals surface area contributed by atoms with Crippen molar-refractivity contribution < 1.29 is 18.3 Å². The summed E-state index contributed by atoms with van der Waals surface area (Å²) in [5.74, 6) is 4.86. The summed E-state index contributed by atoms with van der Waals surface area (Å²) >= 11 is 0. The summed E-state index contributed by atoms with van der Waals surface area (Å²) in [5, 5.41) is 0. The van der Waals surface area contributed by atoms with Crippen LogP contribution in [0, 0.1) is 35.5 Å². The third-order valence-electron chi connectivity index (χ3n) is 10.7. The van der Waals surface area contributed by atoms with Crippen molar-refractivity contribution in [1.82, 2.24) is 0 Å². The van der Waals surface area contributed by atoms with Gasteiger partial charge in [-0.3, -0.25) is 0 Å². The molecule has 3 aliphatic carbocycles. The number of halogens is 2. The molecule has 1 heterocycles. The van der Waals surface area contributed by atoms with Crippen LogP contribution in [0.1, 0.15) is 129 Å². The van der Waals surface area contributed by atoms with Crippen molar-refractivity contribution >= 4 is 0 Å². The molecule has 1 aliphatic heterocycles. The molecule has 2 nitrogen and oxygen atoms in total. The van der Waals surface area contributed by atoms with Gasteiger partial charge in [0, 0.05) is 6.61 Å². The maximum absolute atomic E-state index is 12.1. The van der Waals surface area contributed by atoms with E-state index in [1.807, 2.05) is 0 Å². The van der Waals surface area contributed by atoms with E-state index in [1.165, 1.54) is 103 Å². The third kappa shape index (κ3) is 10.0. The van der Waals surface area contributed by atoms with Gasteiger partial charge >= 0.3 is 0 Å². The molecule has 2 atom stereocenters. The minimum Gasteiger partial charge on any atom is -0.378 e. The Morgan fingerprint density at radius 2 is 1.37 bits per heavy atom. The van der Waals surface area contributed by atoms with Gasteiger partial charge in [-0.05, 0) is 138 Å². The van der Waals surface area contributed by atoms with Crippen molar-refractivity contribution in [3.63, 3.8) is 0 Å². The lowest BCUT2D eigenvalue weighted by atomic mass is 9.73. The van der Waals surface area contributed by atoms with Gasteiger partial charge in [-0.1, -0.05) is 44.3 Å². The first kappa shape index (κ1) is 30.2. The number of allylic oxidation sites excluding steroid dienone is 3. The molecule has 1 saturated heterocycles. The third-order valence-corrected chi connectivity index (χ3v) is 10.7. The first-order valence-electron chi connectivity index (χ1n) is 16.5. The summed E-state index contributed by atoms with van der Waals surface area (Å²) in [6, 6.07) is 0. The van der Waals surface area contributed by atoms with E-state index >= 15 is 0 Å². The molecule has 0 aromatic rings. The van der Waals surface area contributed by atoms with Gasteiger partial charge in [0.05, 0.1) is 18.8 Å². The fraction of sp³-hybridized carbons (Fsp3) is 0.882. The molecule has 0 radical (unpaired) electrons. The molecule has 4 rings (SSSR count). The van der Waals surface area contributed by atoms with E-state index in [0.29, 0.717) is 18.6 Å². The molecule has 3 saturated carbocycles. The second-order valence-electron chi connectivity index (χ2n) is 13.3. The van der Waals surface area contributed by atoms with Gasteiger partial charge in [0.25, 0.3) is 6.08 Å². The van der Waals surface area contributed by atoms with Crippen molar-refractivity contribution in [3.05, 3.63) is 24.3 Å². The fourth-order valence-corrected chi connectivity index (χ4v) is 8.29. The first-order valence-corrected chi connectivity index (χ1v) is 16.5. The Hall–Kier alpha value is -0.740. The average Bonchev–Trinajstić information content (AvgIpc) is 2.95. The summed E-state index contributed by atoms with van der Waals surface area (Å²) < 4.78 is 37.1. The minimum atomic E-state index is -1.52. The zero-order valence-corrected chi connectivity index (χ0v) is 24.3. The molecule has 38 heavy (non-hydrogen) atoms. The second-order valence-corrected chi connectivity index (χ2v) is 13.3. The predicted molar refractivity (Wildman–Crippen MR) is 153 cm³/mol. The smallest absolute Gasteiger partial charge is 0.266 e. The van der Waals surface area contributed by atoms with Gasteiger partial charge in [0.2, 0.25) is 0 Å². The highest BCUT2D eigenvalue weighted by molar-refractivity contribution is 4.91. The van der Waals surface area contributed by atoms with E-state index in [2.05, 4.69) is 19.1 Å². The SMILES string of the molecule is C/C=C/C1CCC(C2CCC(C3CCC(OCCCC4CCC(CCCC=C(F)F)CC4)CC3)CO2)CC1. The Morgan fingerprint density at radius 1 is 0.737 bits per heavy atom. The Balaban J connectivity index is 1.00. The summed E-state index contributed by atoms with van der Waals surface area (Å²) in [7, 11) is 0. The molecule has 2 unspecified atom stereocenters. The first-order chi connectivity index (χ1) is 18.6. The molecule has 0 spiro atoms. The largest absolute Gasteiger partial charge is 0.378 e. The molecule has 0 bridgehead atoms.